The van der Waals surface area contributed by atoms with Crippen LogP contribution in [-0.4, -0.2) is 83.9 Å². The van der Waals surface area contributed by atoms with Crippen molar-refractivity contribution in [3.8, 4) is 0 Å². The molecule has 2 bridgehead atoms. The van der Waals surface area contributed by atoms with E-state index in [0.29, 0.717) is 19.1 Å². The number of hydrogen-bond donors (Lipinski definition) is 1. The van der Waals surface area contributed by atoms with Gasteiger partial charge in [-0.3, -0.25) is 24.7 Å². The number of nitro benzene ring substituents is 1. The molecular formula is C18H25N5O3. The molecule has 0 aliphatic carbocycles. The average molecular weight is 359 g/mol. The van der Waals surface area contributed by atoms with E-state index in [4.69, 9.17) is 0 Å². The molecule has 4 fully saturated rings. The van der Waals surface area contributed by atoms with Crippen LogP contribution >= 0.6 is 0 Å². The van der Waals surface area contributed by atoms with E-state index in [0.717, 1.165) is 57.8 Å². The molecule has 4 heterocycles. The number of amides is 1. The molecule has 4 aliphatic heterocycles. The topological polar surface area (TPSA) is 82.0 Å². The van der Waals surface area contributed by atoms with E-state index < -0.39 is 4.92 Å². The van der Waals surface area contributed by atoms with Gasteiger partial charge in [-0.2, -0.15) is 0 Å². The average Bonchev–Trinajstić information content (AvgIpc) is 3.21. The number of nitrogens with one attached hydrogen (secondary N) is 1. The third-order valence-electron chi connectivity index (χ3n) is 5.75. The lowest BCUT2D eigenvalue weighted by molar-refractivity contribution is -0.385. The summed E-state index contributed by atoms with van der Waals surface area (Å²) in [5.74, 6) is -0.232. The van der Waals surface area contributed by atoms with Crippen molar-refractivity contribution >= 4 is 17.3 Å². The first-order valence-corrected chi connectivity index (χ1v) is 9.40. The highest BCUT2D eigenvalue weighted by Gasteiger charge is 2.32. The largest absolute Gasteiger partial charge is 0.383 e. The number of hydrogen-bond acceptors (Lipinski definition) is 6. The summed E-state index contributed by atoms with van der Waals surface area (Å²) in [6.07, 6.45) is 1.93. The molecule has 1 atom stereocenters. The minimum Gasteiger partial charge on any atom is -0.383 e. The number of piperazine rings is 3. The predicted molar refractivity (Wildman–Crippen MR) is 98.5 cm³/mol. The number of carbonyl (C=O) groups is 1. The van der Waals surface area contributed by atoms with Crippen LogP contribution in [0.2, 0.25) is 0 Å². The Morgan fingerprint density at radius 1 is 1.15 bits per heavy atom. The van der Waals surface area contributed by atoms with Gasteiger partial charge < -0.3 is 10.2 Å². The van der Waals surface area contributed by atoms with Crippen LogP contribution in [0.25, 0.3) is 0 Å². The zero-order valence-electron chi connectivity index (χ0n) is 14.9. The van der Waals surface area contributed by atoms with Gasteiger partial charge in [-0.15, -0.1) is 0 Å². The Hall–Kier alpha value is -2.19. The summed E-state index contributed by atoms with van der Waals surface area (Å²) in [6.45, 7) is 7.69. The molecule has 0 spiro atoms. The molecule has 1 aromatic rings. The van der Waals surface area contributed by atoms with E-state index in [1.807, 2.05) is 0 Å². The normalized spacial score (nSPS) is 27.5. The number of nitrogens with zero attached hydrogens (tertiary/aromatic N) is 4. The maximum absolute atomic E-state index is 12.7. The second kappa shape index (κ2) is 7.20. The summed E-state index contributed by atoms with van der Waals surface area (Å²) < 4.78 is 0. The van der Waals surface area contributed by atoms with Crippen molar-refractivity contribution < 1.29 is 9.72 Å². The molecule has 140 valence electrons. The summed E-state index contributed by atoms with van der Waals surface area (Å²) >= 11 is 0. The minimum absolute atomic E-state index is 0.112. The number of carbonyl (C=O) groups excluding carboxylic acids is 1. The molecule has 1 unspecified atom stereocenters. The summed E-state index contributed by atoms with van der Waals surface area (Å²) in [7, 11) is 0. The van der Waals surface area contributed by atoms with Crippen molar-refractivity contribution in [2.45, 2.75) is 18.9 Å². The fraction of sp³-hybridized carbons (Fsp3) is 0.611. The predicted octanol–water partition coefficient (Wildman–Crippen LogP) is 1.24. The molecule has 0 saturated carbocycles. The molecule has 0 aromatic heterocycles. The smallest absolute Gasteiger partial charge is 0.282 e. The number of benzene rings is 1. The summed E-state index contributed by atoms with van der Waals surface area (Å²) in [6, 6.07) is 5.25. The second-order valence-corrected chi connectivity index (χ2v) is 7.36. The highest BCUT2D eigenvalue weighted by atomic mass is 16.6. The van der Waals surface area contributed by atoms with E-state index in [1.165, 1.54) is 6.07 Å². The zero-order chi connectivity index (χ0) is 18.1. The van der Waals surface area contributed by atoms with Crippen molar-refractivity contribution in [1.29, 1.82) is 0 Å². The number of anilines is 1. The van der Waals surface area contributed by atoms with Crippen LogP contribution in [0.5, 0.6) is 0 Å². The van der Waals surface area contributed by atoms with Gasteiger partial charge in [0.05, 0.1) is 4.92 Å². The van der Waals surface area contributed by atoms with Gasteiger partial charge in [0.1, 0.15) is 5.56 Å². The second-order valence-electron chi connectivity index (χ2n) is 7.36. The zero-order valence-corrected chi connectivity index (χ0v) is 14.9. The summed E-state index contributed by atoms with van der Waals surface area (Å²) in [4.78, 5) is 30.3. The molecular weight excluding hydrogens is 334 g/mol. The number of likely N-dealkylation sites (tertiary alicyclic amines) is 1. The first kappa shape index (κ1) is 17.2. The van der Waals surface area contributed by atoms with E-state index in [1.54, 1.807) is 17.0 Å². The maximum atomic E-state index is 12.7. The van der Waals surface area contributed by atoms with E-state index in [2.05, 4.69) is 15.1 Å². The van der Waals surface area contributed by atoms with Gasteiger partial charge in [0.25, 0.3) is 11.6 Å². The van der Waals surface area contributed by atoms with Crippen LogP contribution in [0.15, 0.2) is 18.2 Å². The van der Waals surface area contributed by atoms with Gasteiger partial charge >= 0.3 is 0 Å². The third-order valence-corrected chi connectivity index (χ3v) is 5.75. The standard InChI is InChI=1S/C18H25N5O3/c24-18(22-5-1-2-6-22)16-11-14(3-4-17(16)23(25)26)19-12-15-13-20-7-9-21(15)10-8-20/h3-4,11,15,19H,1-2,5-10,12-13H2. The molecule has 0 radical (unpaired) electrons. The Bertz CT molecular complexity index is 696. The maximum Gasteiger partial charge on any atom is 0.282 e. The van der Waals surface area contributed by atoms with Crippen LogP contribution in [0, 0.1) is 10.1 Å². The Kier molecular flexibility index (Phi) is 4.78. The van der Waals surface area contributed by atoms with Gasteiger partial charge in [-0.1, -0.05) is 0 Å². The molecule has 26 heavy (non-hydrogen) atoms. The van der Waals surface area contributed by atoms with Crippen LogP contribution in [0.4, 0.5) is 11.4 Å². The SMILES string of the molecule is O=C(c1cc(NCC2CN3CCN2CC3)ccc1[N+](=O)[O-])N1CCCC1. The third kappa shape index (κ3) is 3.39. The lowest BCUT2D eigenvalue weighted by atomic mass is 10.1. The van der Waals surface area contributed by atoms with Crippen molar-refractivity contribution in [1.82, 2.24) is 14.7 Å². The highest BCUT2D eigenvalue weighted by molar-refractivity contribution is 5.99. The van der Waals surface area contributed by atoms with Gasteiger partial charge in [0.15, 0.2) is 0 Å². The Labute approximate surface area is 152 Å². The Balaban J connectivity index is 1.49. The van der Waals surface area contributed by atoms with Crippen LogP contribution in [0.3, 0.4) is 0 Å². The van der Waals surface area contributed by atoms with Gasteiger partial charge in [-0.25, -0.2) is 0 Å². The number of fused-ring (bicyclic) bond motifs is 3. The summed E-state index contributed by atoms with van der Waals surface area (Å²) in [5.41, 5.74) is 0.853. The van der Waals surface area contributed by atoms with Crippen molar-refractivity contribution in [2.75, 3.05) is 57.7 Å². The molecule has 8 nitrogen and oxygen atoms in total. The van der Waals surface area contributed by atoms with Crippen LogP contribution in [0.1, 0.15) is 23.2 Å². The quantitative estimate of drug-likeness (QED) is 0.629. The Morgan fingerprint density at radius 3 is 2.50 bits per heavy atom. The van der Waals surface area contributed by atoms with E-state index >= 15 is 0 Å². The summed E-state index contributed by atoms with van der Waals surface area (Å²) in [5, 5.41) is 14.7. The van der Waals surface area contributed by atoms with E-state index in [-0.39, 0.29) is 17.2 Å². The number of nitro groups is 1. The number of rotatable bonds is 5. The molecule has 5 rings (SSSR count). The molecule has 1 N–H and O–H groups in total. The monoisotopic (exact) mass is 359 g/mol. The van der Waals surface area contributed by atoms with Crippen molar-refractivity contribution in [2.24, 2.45) is 0 Å². The molecule has 4 aliphatic rings. The first-order valence-electron chi connectivity index (χ1n) is 9.40. The van der Waals surface area contributed by atoms with Crippen LogP contribution < -0.4 is 5.32 Å². The highest BCUT2D eigenvalue weighted by Crippen LogP contribution is 2.26. The van der Waals surface area contributed by atoms with Crippen molar-refractivity contribution in [3.05, 3.63) is 33.9 Å². The molecule has 8 heteroatoms. The van der Waals surface area contributed by atoms with Gasteiger partial charge in [0.2, 0.25) is 0 Å². The first-order chi connectivity index (χ1) is 12.6. The van der Waals surface area contributed by atoms with Crippen LogP contribution in [-0.2, 0) is 0 Å². The van der Waals surface area contributed by atoms with Gasteiger partial charge in [0, 0.05) is 70.2 Å². The van der Waals surface area contributed by atoms with Gasteiger partial charge in [-0.05, 0) is 25.0 Å². The Morgan fingerprint density at radius 2 is 1.88 bits per heavy atom. The lowest BCUT2D eigenvalue weighted by Crippen LogP contribution is -2.62. The van der Waals surface area contributed by atoms with Crippen molar-refractivity contribution in [3.63, 3.8) is 0 Å². The molecule has 1 amide bonds. The fourth-order valence-electron chi connectivity index (χ4n) is 4.22. The minimum atomic E-state index is -0.466. The molecule has 4 saturated heterocycles. The lowest BCUT2D eigenvalue weighted by Gasteiger charge is -2.47. The molecule has 1 aromatic carbocycles. The van der Waals surface area contributed by atoms with E-state index in [9.17, 15) is 14.9 Å². The fourth-order valence-corrected chi connectivity index (χ4v) is 4.22.